The van der Waals surface area contributed by atoms with E-state index in [-0.39, 0.29) is 17.7 Å². The maximum absolute atomic E-state index is 13.2. The van der Waals surface area contributed by atoms with Gasteiger partial charge in [-0.1, -0.05) is 6.92 Å². The number of hydrogen-bond acceptors (Lipinski definition) is 6. The monoisotopic (exact) mass is 449 g/mol. The lowest BCUT2D eigenvalue weighted by molar-refractivity contribution is -0.133. The average Bonchev–Trinajstić information content (AvgIpc) is 3.24. The SMILES string of the molecule is CCC1C(=O)N(C)c2cnc(-n3ccnc3-c3ccc(F)cn3)nc2N1CCC(F)(F)F. The minimum absolute atomic E-state index is 0.136. The van der Waals surface area contributed by atoms with E-state index < -0.39 is 31.0 Å². The van der Waals surface area contributed by atoms with Crippen molar-refractivity contribution in [2.45, 2.75) is 32.0 Å². The van der Waals surface area contributed by atoms with Crippen molar-refractivity contribution in [3.05, 3.63) is 42.7 Å². The molecule has 0 radical (unpaired) electrons. The van der Waals surface area contributed by atoms with Gasteiger partial charge in [-0.05, 0) is 18.6 Å². The predicted octanol–water partition coefficient (Wildman–Crippen LogP) is 3.38. The number of pyridine rings is 1. The smallest absolute Gasteiger partial charge is 0.342 e. The van der Waals surface area contributed by atoms with Crippen LogP contribution in [0.5, 0.6) is 0 Å². The molecule has 0 spiro atoms. The van der Waals surface area contributed by atoms with Gasteiger partial charge < -0.3 is 9.80 Å². The summed E-state index contributed by atoms with van der Waals surface area (Å²) in [6, 6.07) is 1.90. The van der Waals surface area contributed by atoms with Gasteiger partial charge in [0.1, 0.15) is 23.2 Å². The van der Waals surface area contributed by atoms with Crippen molar-refractivity contribution in [3.8, 4) is 17.5 Å². The molecule has 0 saturated heterocycles. The molecule has 4 heterocycles. The number of carbonyl (C=O) groups excluding carboxylic acids is 1. The number of carbonyl (C=O) groups is 1. The number of rotatable bonds is 5. The van der Waals surface area contributed by atoms with E-state index in [0.717, 1.165) is 6.20 Å². The van der Waals surface area contributed by atoms with Crippen LogP contribution in [0.15, 0.2) is 36.9 Å². The minimum Gasteiger partial charge on any atom is -0.342 e. The lowest BCUT2D eigenvalue weighted by atomic mass is 10.1. The zero-order chi connectivity index (χ0) is 23.0. The quantitative estimate of drug-likeness (QED) is 0.556. The standard InChI is InChI=1S/C20H19F4N7O/c1-3-14-18(32)29(2)15-11-27-19(28-17(15)30(14)8-6-20(22,23)24)31-9-7-25-16(31)13-5-4-12(21)10-26-13/h4-5,7,9-11,14H,3,6,8H2,1-2H3. The molecule has 12 heteroatoms. The Balaban J connectivity index is 1.79. The first-order chi connectivity index (χ1) is 15.2. The Bertz CT molecular complexity index is 1130. The molecule has 0 fully saturated rings. The Kier molecular flexibility index (Phi) is 5.53. The highest BCUT2D eigenvalue weighted by Crippen LogP contribution is 2.36. The third-order valence-corrected chi connectivity index (χ3v) is 5.20. The summed E-state index contributed by atoms with van der Waals surface area (Å²) < 4.78 is 53.6. The number of halogens is 4. The van der Waals surface area contributed by atoms with Crippen LogP contribution >= 0.6 is 0 Å². The molecule has 3 aromatic heterocycles. The highest BCUT2D eigenvalue weighted by atomic mass is 19.4. The van der Waals surface area contributed by atoms with E-state index in [9.17, 15) is 22.4 Å². The number of likely N-dealkylation sites (N-methyl/N-ethyl adjacent to an activating group) is 1. The second-order valence-electron chi connectivity index (χ2n) is 7.24. The van der Waals surface area contributed by atoms with Crippen LogP contribution in [0.25, 0.3) is 17.5 Å². The molecule has 168 valence electrons. The van der Waals surface area contributed by atoms with E-state index >= 15 is 0 Å². The van der Waals surface area contributed by atoms with Crippen LogP contribution in [0.4, 0.5) is 29.1 Å². The summed E-state index contributed by atoms with van der Waals surface area (Å²) in [6.45, 7) is 1.32. The van der Waals surface area contributed by atoms with Crippen molar-refractivity contribution < 1.29 is 22.4 Å². The lowest BCUT2D eigenvalue weighted by Gasteiger charge is -2.40. The number of anilines is 2. The van der Waals surface area contributed by atoms with Gasteiger partial charge in [-0.15, -0.1) is 0 Å². The van der Waals surface area contributed by atoms with Crippen molar-refractivity contribution in [3.63, 3.8) is 0 Å². The highest BCUT2D eigenvalue weighted by Gasteiger charge is 2.39. The molecule has 0 bridgehead atoms. The summed E-state index contributed by atoms with van der Waals surface area (Å²) in [5, 5.41) is 0. The predicted molar refractivity (Wildman–Crippen MR) is 108 cm³/mol. The summed E-state index contributed by atoms with van der Waals surface area (Å²) in [4.78, 5) is 32.5. The zero-order valence-corrected chi connectivity index (χ0v) is 17.2. The topological polar surface area (TPSA) is 80.0 Å². The Morgan fingerprint density at radius 1 is 1.12 bits per heavy atom. The highest BCUT2D eigenvalue weighted by molar-refractivity contribution is 6.04. The molecule has 0 aromatic carbocycles. The molecule has 1 aliphatic rings. The first kappa shape index (κ1) is 21.7. The largest absolute Gasteiger partial charge is 0.390 e. The van der Waals surface area contributed by atoms with E-state index in [2.05, 4.69) is 19.9 Å². The summed E-state index contributed by atoms with van der Waals surface area (Å²) in [5.41, 5.74) is 0.678. The summed E-state index contributed by atoms with van der Waals surface area (Å²) >= 11 is 0. The first-order valence-corrected chi connectivity index (χ1v) is 9.83. The molecule has 1 unspecified atom stereocenters. The van der Waals surface area contributed by atoms with Crippen molar-refractivity contribution in [1.82, 2.24) is 24.5 Å². The third kappa shape index (κ3) is 3.99. The molecule has 32 heavy (non-hydrogen) atoms. The van der Waals surface area contributed by atoms with Crippen molar-refractivity contribution in [1.29, 1.82) is 0 Å². The summed E-state index contributed by atoms with van der Waals surface area (Å²) in [5.74, 6) is -0.135. The molecule has 3 aromatic rings. The number of nitrogens with zero attached hydrogens (tertiary/aromatic N) is 7. The number of alkyl halides is 3. The molecular weight excluding hydrogens is 430 g/mol. The van der Waals surface area contributed by atoms with E-state index in [1.54, 1.807) is 20.2 Å². The molecular formula is C20H19F4N7O. The van der Waals surface area contributed by atoms with Crippen LogP contribution in [0.3, 0.4) is 0 Å². The maximum atomic E-state index is 13.2. The molecule has 8 nitrogen and oxygen atoms in total. The molecule has 0 saturated carbocycles. The zero-order valence-electron chi connectivity index (χ0n) is 17.2. The third-order valence-electron chi connectivity index (χ3n) is 5.20. The van der Waals surface area contributed by atoms with Gasteiger partial charge in [0.25, 0.3) is 0 Å². The molecule has 4 rings (SSSR count). The Morgan fingerprint density at radius 3 is 2.56 bits per heavy atom. The lowest BCUT2D eigenvalue weighted by Crippen LogP contribution is -2.53. The summed E-state index contributed by atoms with van der Waals surface area (Å²) in [6.07, 6.45) is 0.334. The second-order valence-corrected chi connectivity index (χ2v) is 7.24. The van der Waals surface area contributed by atoms with Crippen LogP contribution in [0.2, 0.25) is 0 Å². The molecule has 1 aliphatic heterocycles. The van der Waals surface area contributed by atoms with Crippen LogP contribution < -0.4 is 9.80 Å². The number of aromatic nitrogens is 5. The Hall–Kier alpha value is -3.57. The van der Waals surface area contributed by atoms with Gasteiger partial charge in [-0.3, -0.25) is 9.36 Å². The van der Waals surface area contributed by atoms with E-state index in [1.807, 2.05) is 0 Å². The number of imidazole rings is 1. The van der Waals surface area contributed by atoms with E-state index in [4.69, 9.17) is 0 Å². The van der Waals surface area contributed by atoms with Crippen LogP contribution in [-0.2, 0) is 4.79 Å². The van der Waals surface area contributed by atoms with E-state index in [0.29, 0.717) is 23.6 Å². The maximum Gasteiger partial charge on any atom is 0.390 e. The number of amides is 1. The fraction of sp³-hybridized carbons (Fsp3) is 0.350. The van der Waals surface area contributed by atoms with Crippen LogP contribution in [0, 0.1) is 5.82 Å². The first-order valence-electron chi connectivity index (χ1n) is 9.83. The van der Waals surface area contributed by atoms with Crippen LogP contribution in [0.1, 0.15) is 19.8 Å². The molecule has 0 aliphatic carbocycles. The van der Waals surface area contributed by atoms with Gasteiger partial charge in [0.2, 0.25) is 11.9 Å². The second kappa shape index (κ2) is 8.17. The summed E-state index contributed by atoms with van der Waals surface area (Å²) in [7, 11) is 1.54. The number of fused-ring (bicyclic) bond motifs is 1. The van der Waals surface area contributed by atoms with Crippen molar-refractivity contribution in [2.24, 2.45) is 0 Å². The van der Waals surface area contributed by atoms with Gasteiger partial charge in [0, 0.05) is 26.0 Å². The van der Waals surface area contributed by atoms with Gasteiger partial charge in [-0.25, -0.2) is 19.3 Å². The van der Waals surface area contributed by atoms with Crippen molar-refractivity contribution >= 4 is 17.4 Å². The van der Waals surface area contributed by atoms with Gasteiger partial charge >= 0.3 is 6.18 Å². The normalized spacial score (nSPS) is 16.4. The average molecular weight is 449 g/mol. The fourth-order valence-electron chi connectivity index (χ4n) is 3.61. The molecule has 1 atom stereocenters. The van der Waals surface area contributed by atoms with Crippen molar-refractivity contribution in [2.75, 3.05) is 23.4 Å². The Morgan fingerprint density at radius 2 is 1.91 bits per heavy atom. The Labute approximate surface area is 180 Å². The molecule has 1 amide bonds. The molecule has 0 N–H and O–H groups in total. The van der Waals surface area contributed by atoms with Crippen LogP contribution in [-0.4, -0.2) is 56.2 Å². The number of hydrogen-bond donors (Lipinski definition) is 0. The van der Waals surface area contributed by atoms with Gasteiger partial charge in [0.05, 0.1) is 18.8 Å². The van der Waals surface area contributed by atoms with E-state index in [1.165, 1.54) is 38.9 Å². The van der Waals surface area contributed by atoms with Gasteiger partial charge in [0.15, 0.2) is 11.6 Å². The fourth-order valence-corrected chi connectivity index (χ4v) is 3.61. The van der Waals surface area contributed by atoms with Gasteiger partial charge in [-0.2, -0.15) is 18.2 Å². The minimum atomic E-state index is -4.38.